The summed E-state index contributed by atoms with van der Waals surface area (Å²) < 4.78 is 0. The number of carboxylic acid groups (broad SMARTS) is 2. The zero-order chi connectivity index (χ0) is 15.8. The van der Waals surface area contributed by atoms with Gasteiger partial charge in [0.2, 0.25) is 5.91 Å². The van der Waals surface area contributed by atoms with Crippen molar-refractivity contribution in [3.8, 4) is 0 Å². The Morgan fingerprint density at radius 3 is 2.29 bits per heavy atom. The topological polar surface area (TPSA) is 104 Å². The zero-order valence-corrected chi connectivity index (χ0v) is 11.6. The van der Waals surface area contributed by atoms with Crippen LogP contribution in [0.4, 0.5) is 0 Å². The van der Waals surface area contributed by atoms with Gasteiger partial charge in [-0.25, -0.2) is 4.79 Å². The number of hydrogen-bond donors (Lipinski definition) is 3. The van der Waals surface area contributed by atoms with Crippen molar-refractivity contribution in [2.45, 2.75) is 25.8 Å². The smallest absolute Gasteiger partial charge is 0.326 e. The molecule has 0 aliphatic heterocycles. The van der Waals surface area contributed by atoms with E-state index in [0.717, 1.165) is 12.0 Å². The summed E-state index contributed by atoms with van der Waals surface area (Å²) in [6.45, 7) is 2.03. The van der Waals surface area contributed by atoms with Crippen LogP contribution in [0.1, 0.15) is 24.5 Å². The molecular formula is C15H17NO5. The lowest BCUT2D eigenvalue weighted by molar-refractivity contribution is -0.146. The van der Waals surface area contributed by atoms with Crippen molar-refractivity contribution >= 4 is 23.9 Å². The minimum absolute atomic E-state index is 0.650. The third-order valence-corrected chi connectivity index (χ3v) is 2.81. The Morgan fingerprint density at radius 2 is 1.81 bits per heavy atom. The highest BCUT2D eigenvalue weighted by Gasteiger charge is 2.21. The van der Waals surface area contributed by atoms with Crippen molar-refractivity contribution in [3.63, 3.8) is 0 Å². The maximum atomic E-state index is 11.6. The quantitative estimate of drug-likeness (QED) is 0.657. The molecule has 21 heavy (non-hydrogen) atoms. The van der Waals surface area contributed by atoms with Crippen molar-refractivity contribution in [2.24, 2.45) is 0 Å². The van der Waals surface area contributed by atoms with Crippen LogP contribution < -0.4 is 5.32 Å². The van der Waals surface area contributed by atoms with Crippen LogP contribution >= 0.6 is 0 Å². The molecule has 0 saturated carbocycles. The van der Waals surface area contributed by atoms with Gasteiger partial charge in [-0.1, -0.05) is 31.2 Å². The molecule has 6 nitrogen and oxygen atoms in total. The van der Waals surface area contributed by atoms with E-state index in [9.17, 15) is 14.4 Å². The normalized spacial score (nSPS) is 12.0. The van der Waals surface area contributed by atoms with Gasteiger partial charge in [-0.15, -0.1) is 0 Å². The first kappa shape index (κ1) is 16.4. The molecule has 0 radical (unpaired) electrons. The van der Waals surface area contributed by atoms with E-state index in [0.29, 0.717) is 0 Å². The van der Waals surface area contributed by atoms with E-state index in [-0.39, 0.29) is 0 Å². The molecule has 1 aromatic rings. The second kappa shape index (κ2) is 7.84. The molecule has 6 heteroatoms. The molecule has 1 rings (SSSR count). The maximum Gasteiger partial charge on any atom is 0.326 e. The van der Waals surface area contributed by atoms with E-state index in [1.54, 1.807) is 0 Å². The van der Waals surface area contributed by atoms with Crippen LogP contribution in [-0.4, -0.2) is 34.1 Å². The van der Waals surface area contributed by atoms with Crippen LogP contribution in [0.15, 0.2) is 30.3 Å². The van der Waals surface area contributed by atoms with Crippen molar-refractivity contribution in [3.05, 3.63) is 41.5 Å². The second-order valence-electron chi connectivity index (χ2n) is 4.43. The molecule has 1 atom stereocenters. The highest BCUT2D eigenvalue weighted by Crippen LogP contribution is 2.06. The molecule has 0 spiro atoms. The lowest BCUT2D eigenvalue weighted by Crippen LogP contribution is -2.41. The SMILES string of the molecule is CCc1ccc(/C=C/C(=O)NC(CC(=O)O)C(=O)O)cc1. The number of carbonyl (C=O) groups excluding carboxylic acids is 1. The van der Waals surface area contributed by atoms with Crippen LogP contribution in [0.3, 0.4) is 0 Å². The summed E-state index contributed by atoms with van der Waals surface area (Å²) in [7, 11) is 0. The van der Waals surface area contributed by atoms with Gasteiger partial charge in [-0.05, 0) is 23.6 Å². The van der Waals surface area contributed by atoms with E-state index in [2.05, 4.69) is 5.32 Å². The molecule has 0 aliphatic rings. The predicted molar refractivity (Wildman–Crippen MR) is 76.7 cm³/mol. The Labute approximate surface area is 122 Å². The number of carboxylic acids is 2. The highest BCUT2D eigenvalue weighted by atomic mass is 16.4. The van der Waals surface area contributed by atoms with Gasteiger partial charge in [0, 0.05) is 6.08 Å². The minimum Gasteiger partial charge on any atom is -0.481 e. The van der Waals surface area contributed by atoms with Crippen molar-refractivity contribution < 1.29 is 24.6 Å². The number of carbonyl (C=O) groups is 3. The van der Waals surface area contributed by atoms with Gasteiger partial charge in [0.15, 0.2) is 0 Å². The number of amides is 1. The molecule has 1 unspecified atom stereocenters. The monoisotopic (exact) mass is 291 g/mol. The Kier molecular flexibility index (Phi) is 6.13. The van der Waals surface area contributed by atoms with Crippen LogP contribution in [0.2, 0.25) is 0 Å². The standard InChI is InChI=1S/C15H17NO5/c1-2-10-3-5-11(6-4-10)7-8-13(17)16-12(15(20)21)9-14(18)19/h3-8,12H,2,9H2,1H3,(H,16,17)(H,18,19)(H,20,21)/b8-7+. The zero-order valence-electron chi connectivity index (χ0n) is 11.6. The van der Waals surface area contributed by atoms with E-state index in [4.69, 9.17) is 10.2 Å². The molecule has 0 fully saturated rings. The number of rotatable bonds is 7. The fourth-order valence-corrected chi connectivity index (χ4v) is 1.63. The largest absolute Gasteiger partial charge is 0.481 e. The van der Waals surface area contributed by atoms with Gasteiger partial charge in [0.25, 0.3) is 0 Å². The fraction of sp³-hybridized carbons (Fsp3) is 0.267. The van der Waals surface area contributed by atoms with Gasteiger partial charge in [-0.3, -0.25) is 9.59 Å². The first-order valence-electron chi connectivity index (χ1n) is 6.44. The fourth-order valence-electron chi connectivity index (χ4n) is 1.63. The summed E-state index contributed by atoms with van der Waals surface area (Å²) in [5.41, 5.74) is 1.97. The number of benzene rings is 1. The molecule has 0 bridgehead atoms. The Balaban J connectivity index is 2.63. The molecular weight excluding hydrogens is 274 g/mol. The average molecular weight is 291 g/mol. The van der Waals surface area contributed by atoms with Gasteiger partial charge in [0.1, 0.15) is 6.04 Å². The van der Waals surface area contributed by atoms with Gasteiger partial charge < -0.3 is 15.5 Å². The van der Waals surface area contributed by atoms with Crippen molar-refractivity contribution in [1.29, 1.82) is 0 Å². The second-order valence-corrected chi connectivity index (χ2v) is 4.43. The van der Waals surface area contributed by atoms with Gasteiger partial charge in [0.05, 0.1) is 6.42 Å². The summed E-state index contributed by atoms with van der Waals surface area (Å²) in [5.74, 6) is -3.32. The molecule has 0 saturated heterocycles. The molecule has 112 valence electrons. The summed E-state index contributed by atoms with van der Waals surface area (Å²) >= 11 is 0. The van der Waals surface area contributed by atoms with Crippen molar-refractivity contribution in [2.75, 3.05) is 0 Å². The van der Waals surface area contributed by atoms with E-state index < -0.39 is 30.3 Å². The number of aliphatic carboxylic acids is 2. The van der Waals surface area contributed by atoms with Gasteiger partial charge >= 0.3 is 11.9 Å². The summed E-state index contributed by atoms with van der Waals surface area (Å²) in [4.78, 5) is 32.9. The number of nitrogens with one attached hydrogen (secondary N) is 1. The highest BCUT2D eigenvalue weighted by molar-refractivity contribution is 5.95. The number of hydrogen-bond acceptors (Lipinski definition) is 3. The lowest BCUT2D eigenvalue weighted by atomic mass is 10.1. The van der Waals surface area contributed by atoms with Crippen molar-refractivity contribution in [1.82, 2.24) is 5.32 Å². The summed E-state index contributed by atoms with van der Waals surface area (Å²) in [5, 5.41) is 19.5. The first-order chi connectivity index (χ1) is 9.92. The van der Waals surface area contributed by atoms with E-state index in [1.165, 1.54) is 17.7 Å². The maximum absolute atomic E-state index is 11.6. The molecule has 0 heterocycles. The van der Waals surface area contributed by atoms with E-state index in [1.807, 2.05) is 31.2 Å². The average Bonchev–Trinajstić information content (AvgIpc) is 2.44. The van der Waals surface area contributed by atoms with Crippen LogP contribution in [0, 0.1) is 0 Å². The Hall–Kier alpha value is -2.63. The molecule has 1 amide bonds. The van der Waals surface area contributed by atoms with Crippen LogP contribution in [0.25, 0.3) is 6.08 Å². The van der Waals surface area contributed by atoms with Crippen LogP contribution in [0.5, 0.6) is 0 Å². The Bertz CT molecular complexity index is 548. The third-order valence-electron chi connectivity index (χ3n) is 2.81. The first-order valence-corrected chi connectivity index (χ1v) is 6.44. The summed E-state index contributed by atoms with van der Waals surface area (Å²) in [6.07, 6.45) is 2.97. The minimum atomic E-state index is -1.44. The number of aryl methyl sites for hydroxylation is 1. The molecule has 1 aromatic carbocycles. The van der Waals surface area contributed by atoms with E-state index >= 15 is 0 Å². The molecule has 0 aromatic heterocycles. The molecule has 0 aliphatic carbocycles. The van der Waals surface area contributed by atoms with Gasteiger partial charge in [-0.2, -0.15) is 0 Å². The summed E-state index contributed by atoms with van der Waals surface area (Å²) in [6, 6.07) is 6.11. The Morgan fingerprint density at radius 1 is 1.19 bits per heavy atom. The lowest BCUT2D eigenvalue weighted by Gasteiger charge is -2.10. The third kappa shape index (κ3) is 5.90. The predicted octanol–water partition coefficient (Wildman–Crippen LogP) is 1.31. The van der Waals surface area contributed by atoms with Crippen LogP contribution in [-0.2, 0) is 20.8 Å². The molecule has 3 N–H and O–H groups in total.